The minimum Gasteiger partial charge on any atom is -0.495 e. The zero-order valence-corrected chi connectivity index (χ0v) is 14.8. The molecule has 1 aliphatic rings. The van der Waals surface area contributed by atoms with Crippen molar-refractivity contribution in [3.05, 3.63) is 46.2 Å². The maximum absolute atomic E-state index is 12.5. The lowest BCUT2D eigenvalue weighted by molar-refractivity contribution is 0.0940. The molecule has 0 radical (unpaired) electrons. The molecule has 1 aromatic carbocycles. The van der Waals surface area contributed by atoms with Gasteiger partial charge in [0, 0.05) is 31.8 Å². The fraction of sp³-hybridized carbons (Fsp3) is 0.389. The van der Waals surface area contributed by atoms with E-state index in [0.29, 0.717) is 6.61 Å². The zero-order valence-electron chi connectivity index (χ0n) is 14.0. The molecule has 5 nitrogen and oxygen atoms in total. The first-order valence-electron chi connectivity index (χ1n) is 7.97. The van der Waals surface area contributed by atoms with Crippen molar-refractivity contribution in [3.8, 4) is 5.75 Å². The molecule has 2 aromatic rings. The molecule has 24 heavy (non-hydrogen) atoms. The summed E-state index contributed by atoms with van der Waals surface area (Å²) < 4.78 is 10.6. The van der Waals surface area contributed by atoms with E-state index in [2.05, 4.69) is 16.3 Å². The van der Waals surface area contributed by atoms with E-state index < -0.39 is 0 Å². The van der Waals surface area contributed by atoms with Crippen molar-refractivity contribution >= 4 is 22.9 Å². The monoisotopic (exact) mass is 346 g/mol. The molecular weight excluding hydrogens is 324 g/mol. The van der Waals surface area contributed by atoms with Crippen molar-refractivity contribution in [2.45, 2.75) is 19.1 Å². The van der Waals surface area contributed by atoms with Crippen LogP contribution in [0.15, 0.2) is 35.7 Å². The smallest absolute Gasteiger partial charge is 0.261 e. The number of hydrogen-bond donors (Lipinski definition) is 1. The van der Waals surface area contributed by atoms with Crippen LogP contribution in [0.4, 0.5) is 5.69 Å². The summed E-state index contributed by atoms with van der Waals surface area (Å²) in [6.07, 6.45) is 0.925. The molecule has 1 fully saturated rings. The number of benzene rings is 1. The van der Waals surface area contributed by atoms with Crippen LogP contribution < -0.4 is 15.0 Å². The molecule has 0 saturated carbocycles. The Labute approximate surface area is 146 Å². The Balaban J connectivity index is 1.64. The molecule has 1 aliphatic heterocycles. The van der Waals surface area contributed by atoms with E-state index in [1.54, 1.807) is 14.2 Å². The minimum atomic E-state index is -0.0103. The van der Waals surface area contributed by atoms with Gasteiger partial charge in [0.1, 0.15) is 5.75 Å². The third kappa shape index (κ3) is 3.55. The van der Waals surface area contributed by atoms with Crippen molar-refractivity contribution in [1.82, 2.24) is 5.32 Å². The topological polar surface area (TPSA) is 50.8 Å². The third-order valence-corrected chi connectivity index (χ3v) is 5.16. The van der Waals surface area contributed by atoms with Crippen LogP contribution in [0.3, 0.4) is 0 Å². The highest BCUT2D eigenvalue weighted by atomic mass is 32.1. The van der Waals surface area contributed by atoms with Gasteiger partial charge in [-0.3, -0.25) is 4.79 Å². The van der Waals surface area contributed by atoms with Gasteiger partial charge >= 0.3 is 0 Å². The molecule has 0 bridgehead atoms. The molecule has 1 unspecified atom stereocenters. The first-order chi connectivity index (χ1) is 11.7. The number of amides is 1. The number of ether oxygens (including phenoxy) is 2. The van der Waals surface area contributed by atoms with Gasteiger partial charge in [-0.25, -0.2) is 0 Å². The Hall–Kier alpha value is -2.05. The molecule has 2 heterocycles. The number of carbonyl (C=O) groups excluding carboxylic acids is 1. The number of methoxy groups -OCH3 is 2. The van der Waals surface area contributed by atoms with Crippen LogP contribution in [0.2, 0.25) is 0 Å². The van der Waals surface area contributed by atoms with Crippen molar-refractivity contribution in [3.63, 3.8) is 0 Å². The van der Waals surface area contributed by atoms with Crippen LogP contribution in [-0.2, 0) is 11.3 Å². The lowest BCUT2D eigenvalue weighted by atomic mass is 10.2. The highest BCUT2D eigenvalue weighted by Gasteiger charge is 2.26. The number of anilines is 1. The second-order valence-corrected chi connectivity index (χ2v) is 6.70. The molecule has 1 saturated heterocycles. The molecule has 6 heteroatoms. The first-order valence-corrected chi connectivity index (χ1v) is 8.85. The Morgan fingerprint density at radius 2 is 2.17 bits per heavy atom. The molecule has 3 rings (SSSR count). The van der Waals surface area contributed by atoms with Gasteiger partial charge in [0.05, 0.1) is 24.3 Å². The normalized spacial score (nSPS) is 17.1. The van der Waals surface area contributed by atoms with Gasteiger partial charge in [-0.2, -0.15) is 0 Å². The van der Waals surface area contributed by atoms with Crippen molar-refractivity contribution in [2.75, 3.05) is 32.2 Å². The van der Waals surface area contributed by atoms with Crippen LogP contribution in [0.25, 0.3) is 0 Å². The zero-order chi connectivity index (χ0) is 16.9. The lowest BCUT2D eigenvalue weighted by Crippen LogP contribution is -2.37. The van der Waals surface area contributed by atoms with E-state index in [4.69, 9.17) is 9.47 Å². The van der Waals surface area contributed by atoms with Gasteiger partial charge in [-0.15, -0.1) is 11.3 Å². The Bertz CT molecular complexity index is 701. The maximum Gasteiger partial charge on any atom is 0.261 e. The summed E-state index contributed by atoms with van der Waals surface area (Å²) in [4.78, 5) is 15.5. The summed E-state index contributed by atoms with van der Waals surface area (Å²) in [6.45, 7) is 2.15. The maximum atomic E-state index is 12.5. The van der Waals surface area contributed by atoms with Gasteiger partial charge < -0.3 is 19.7 Å². The number of para-hydroxylation sites is 2. The van der Waals surface area contributed by atoms with Crippen LogP contribution >= 0.6 is 11.3 Å². The Kier molecular flexibility index (Phi) is 5.37. The van der Waals surface area contributed by atoms with Crippen molar-refractivity contribution in [1.29, 1.82) is 0 Å². The Morgan fingerprint density at radius 3 is 2.96 bits per heavy atom. The van der Waals surface area contributed by atoms with Crippen molar-refractivity contribution in [2.24, 2.45) is 0 Å². The number of thiophene rings is 1. The fourth-order valence-corrected chi connectivity index (χ4v) is 3.86. The van der Waals surface area contributed by atoms with Crippen LogP contribution in [0, 0.1) is 0 Å². The molecule has 0 aliphatic carbocycles. The van der Waals surface area contributed by atoms with Crippen molar-refractivity contribution < 1.29 is 14.3 Å². The molecule has 1 atom stereocenters. The number of carbonyl (C=O) groups is 1. The number of hydrogen-bond acceptors (Lipinski definition) is 5. The largest absolute Gasteiger partial charge is 0.495 e. The van der Waals surface area contributed by atoms with Gasteiger partial charge in [0.25, 0.3) is 5.91 Å². The second kappa shape index (κ2) is 7.68. The average Bonchev–Trinajstić information content (AvgIpc) is 3.24. The van der Waals surface area contributed by atoms with Crippen LogP contribution in [0.5, 0.6) is 5.75 Å². The van der Waals surface area contributed by atoms with E-state index in [1.807, 2.05) is 29.6 Å². The molecular formula is C18H22N2O3S. The van der Waals surface area contributed by atoms with E-state index in [9.17, 15) is 4.79 Å². The summed E-state index contributed by atoms with van der Waals surface area (Å²) in [5.74, 6) is 0.856. The quantitative estimate of drug-likeness (QED) is 0.874. The summed E-state index contributed by atoms with van der Waals surface area (Å²) in [6, 6.07) is 10.1. The molecule has 1 amide bonds. The SMILES string of the molecule is COCc1ccsc1C(=O)NC1CCN(c2ccccc2OC)C1. The van der Waals surface area contributed by atoms with E-state index >= 15 is 0 Å². The molecule has 0 spiro atoms. The fourth-order valence-electron chi connectivity index (χ4n) is 3.04. The number of nitrogens with zero attached hydrogens (tertiary/aromatic N) is 1. The lowest BCUT2D eigenvalue weighted by Gasteiger charge is -2.21. The highest BCUT2D eigenvalue weighted by molar-refractivity contribution is 7.12. The summed E-state index contributed by atoms with van der Waals surface area (Å²) in [7, 11) is 3.32. The standard InChI is InChI=1S/C18H22N2O3S/c1-22-12-13-8-10-24-17(13)18(21)19-14-7-9-20(11-14)15-5-3-4-6-16(15)23-2/h3-6,8,10,14H,7,9,11-12H2,1-2H3,(H,19,21). The average molecular weight is 346 g/mol. The minimum absolute atomic E-state index is 0.0103. The predicted molar refractivity (Wildman–Crippen MR) is 96.1 cm³/mol. The van der Waals surface area contributed by atoms with E-state index in [-0.39, 0.29) is 11.9 Å². The molecule has 1 N–H and O–H groups in total. The van der Waals surface area contributed by atoms with E-state index in [0.717, 1.165) is 41.4 Å². The van der Waals surface area contributed by atoms with Gasteiger partial charge in [-0.05, 0) is 30.0 Å². The van der Waals surface area contributed by atoms with Crippen LogP contribution in [-0.4, -0.2) is 39.3 Å². The number of rotatable bonds is 6. The first kappa shape index (κ1) is 16.8. The predicted octanol–water partition coefficient (Wildman–Crippen LogP) is 2.91. The summed E-state index contributed by atoms with van der Waals surface area (Å²) in [5, 5.41) is 5.08. The van der Waals surface area contributed by atoms with E-state index in [1.165, 1.54) is 11.3 Å². The van der Waals surface area contributed by atoms with Gasteiger partial charge in [0.15, 0.2) is 0 Å². The van der Waals surface area contributed by atoms with Gasteiger partial charge in [-0.1, -0.05) is 12.1 Å². The van der Waals surface area contributed by atoms with Gasteiger partial charge in [0.2, 0.25) is 0 Å². The summed E-state index contributed by atoms with van der Waals surface area (Å²) in [5.41, 5.74) is 2.02. The molecule has 128 valence electrons. The molecule has 1 aromatic heterocycles. The Morgan fingerprint density at radius 1 is 1.33 bits per heavy atom. The highest BCUT2D eigenvalue weighted by Crippen LogP contribution is 2.30. The summed E-state index contributed by atoms with van der Waals surface area (Å²) >= 11 is 1.46. The third-order valence-electron chi connectivity index (χ3n) is 4.20. The number of nitrogens with one attached hydrogen (secondary N) is 1. The second-order valence-electron chi connectivity index (χ2n) is 5.78. The van der Waals surface area contributed by atoms with Crippen LogP contribution in [0.1, 0.15) is 21.7 Å².